The second kappa shape index (κ2) is 3.56. The second-order valence-electron chi connectivity index (χ2n) is 3.78. The third kappa shape index (κ3) is 1.34. The van der Waals surface area contributed by atoms with Gasteiger partial charge in [0.25, 0.3) is 11.8 Å². The van der Waals surface area contributed by atoms with E-state index in [0.29, 0.717) is 10.5 Å². The van der Waals surface area contributed by atoms with Gasteiger partial charge in [-0.2, -0.15) is 4.39 Å². The number of carbonyl (C=O) groups is 2. The Balaban J connectivity index is 2.55. The number of fused-ring (bicyclic) bond motifs is 1. The van der Waals surface area contributed by atoms with Crippen LogP contribution in [0.3, 0.4) is 0 Å². The molecule has 0 radical (unpaired) electrons. The molecular formula is C12H10FNO2. The summed E-state index contributed by atoms with van der Waals surface area (Å²) in [6.07, 6.45) is 0. The zero-order chi connectivity index (χ0) is 11.9. The fraction of sp³-hybridized carbons (Fsp3) is 0.167. The number of halogens is 1. The van der Waals surface area contributed by atoms with E-state index in [4.69, 9.17) is 0 Å². The first-order valence-corrected chi connectivity index (χ1v) is 4.85. The summed E-state index contributed by atoms with van der Waals surface area (Å²) in [5.41, 5.74) is 0.808. The number of hydrogen-bond acceptors (Lipinski definition) is 2. The number of allylic oxidation sites excluding steroid dienone is 1. The predicted octanol–water partition coefficient (Wildman–Crippen LogP) is 2.50. The van der Waals surface area contributed by atoms with Gasteiger partial charge in [0.1, 0.15) is 0 Å². The van der Waals surface area contributed by atoms with Gasteiger partial charge >= 0.3 is 0 Å². The number of benzene rings is 1. The molecule has 0 saturated carbocycles. The van der Waals surface area contributed by atoms with Crippen LogP contribution in [0.2, 0.25) is 0 Å². The quantitative estimate of drug-likeness (QED) is 0.537. The summed E-state index contributed by atoms with van der Waals surface area (Å²) in [6, 6.07) is 6.34. The van der Waals surface area contributed by atoms with Gasteiger partial charge in [-0.1, -0.05) is 12.1 Å². The van der Waals surface area contributed by atoms with E-state index in [-0.39, 0.29) is 11.1 Å². The van der Waals surface area contributed by atoms with E-state index < -0.39 is 17.8 Å². The lowest BCUT2D eigenvalue weighted by molar-refractivity contribution is 0.0666. The Morgan fingerprint density at radius 1 is 1.06 bits per heavy atom. The van der Waals surface area contributed by atoms with Gasteiger partial charge < -0.3 is 0 Å². The normalized spacial score (nSPS) is 14.1. The predicted molar refractivity (Wildman–Crippen MR) is 56.4 cm³/mol. The molecule has 0 aliphatic carbocycles. The van der Waals surface area contributed by atoms with Crippen molar-refractivity contribution in [2.75, 3.05) is 0 Å². The molecule has 0 atom stereocenters. The first-order valence-electron chi connectivity index (χ1n) is 4.85. The summed E-state index contributed by atoms with van der Waals surface area (Å²) >= 11 is 0. The van der Waals surface area contributed by atoms with Gasteiger partial charge in [-0.05, 0) is 31.6 Å². The Morgan fingerprint density at radius 2 is 1.50 bits per heavy atom. The van der Waals surface area contributed by atoms with Gasteiger partial charge in [0, 0.05) is 0 Å². The summed E-state index contributed by atoms with van der Waals surface area (Å²) in [5, 5.41) is 0. The highest BCUT2D eigenvalue weighted by Crippen LogP contribution is 2.27. The van der Waals surface area contributed by atoms with E-state index in [2.05, 4.69) is 0 Å². The molecule has 0 bridgehead atoms. The molecule has 1 heterocycles. The van der Waals surface area contributed by atoms with E-state index in [1.165, 1.54) is 26.0 Å². The minimum absolute atomic E-state index is 0.254. The van der Waals surface area contributed by atoms with Crippen LogP contribution in [0, 0.1) is 0 Å². The van der Waals surface area contributed by atoms with Gasteiger partial charge in [0.05, 0.1) is 11.1 Å². The fourth-order valence-electron chi connectivity index (χ4n) is 1.59. The first kappa shape index (κ1) is 10.5. The molecule has 0 N–H and O–H groups in total. The average Bonchev–Trinajstić information content (AvgIpc) is 2.52. The van der Waals surface area contributed by atoms with Crippen molar-refractivity contribution in [3.05, 3.63) is 46.9 Å². The lowest BCUT2D eigenvalue weighted by Gasteiger charge is -2.11. The maximum Gasteiger partial charge on any atom is 0.267 e. The maximum absolute atomic E-state index is 13.7. The molecule has 1 aromatic rings. The SMILES string of the molecule is CC(C)=C(F)N1C(=O)c2ccccc2C1=O. The van der Waals surface area contributed by atoms with Crippen molar-refractivity contribution in [1.29, 1.82) is 0 Å². The van der Waals surface area contributed by atoms with Gasteiger partial charge in [0.2, 0.25) is 5.95 Å². The number of amides is 2. The van der Waals surface area contributed by atoms with Crippen molar-refractivity contribution in [3.8, 4) is 0 Å². The van der Waals surface area contributed by atoms with E-state index in [1.807, 2.05) is 0 Å². The van der Waals surface area contributed by atoms with E-state index in [0.717, 1.165) is 0 Å². The Hall–Kier alpha value is -1.97. The summed E-state index contributed by atoms with van der Waals surface area (Å²) < 4.78 is 13.7. The van der Waals surface area contributed by atoms with Crippen molar-refractivity contribution < 1.29 is 14.0 Å². The molecule has 1 aromatic carbocycles. The highest BCUT2D eigenvalue weighted by Gasteiger charge is 2.38. The molecule has 1 aliphatic rings. The van der Waals surface area contributed by atoms with Crippen molar-refractivity contribution in [2.45, 2.75) is 13.8 Å². The van der Waals surface area contributed by atoms with Gasteiger partial charge in [-0.25, -0.2) is 4.90 Å². The van der Waals surface area contributed by atoms with Crippen LogP contribution < -0.4 is 0 Å². The first-order chi connectivity index (χ1) is 7.54. The lowest BCUT2D eigenvalue weighted by atomic mass is 10.1. The number of nitrogens with zero attached hydrogens (tertiary/aromatic N) is 1. The van der Waals surface area contributed by atoms with Crippen LogP contribution in [0.1, 0.15) is 34.6 Å². The van der Waals surface area contributed by atoms with Crippen molar-refractivity contribution in [3.63, 3.8) is 0 Å². The minimum Gasteiger partial charge on any atom is -0.268 e. The number of rotatable bonds is 1. The Kier molecular flexibility index (Phi) is 2.34. The van der Waals surface area contributed by atoms with Gasteiger partial charge in [0.15, 0.2) is 0 Å². The van der Waals surface area contributed by atoms with Crippen molar-refractivity contribution >= 4 is 11.8 Å². The topological polar surface area (TPSA) is 37.4 Å². The fourth-order valence-corrected chi connectivity index (χ4v) is 1.59. The second-order valence-corrected chi connectivity index (χ2v) is 3.78. The van der Waals surface area contributed by atoms with Crippen LogP contribution in [-0.2, 0) is 0 Å². The average molecular weight is 219 g/mol. The smallest absolute Gasteiger partial charge is 0.267 e. The summed E-state index contributed by atoms with van der Waals surface area (Å²) in [5.74, 6) is -1.98. The lowest BCUT2D eigenvalue weighted by Crippen LogP contribution is -2.27. The molecule has 1 aliphatic heterocycles. The molecule has 0 fully saturated rings. The van der Waals surface area contributed by atoms with Gasteiger partial charge in [-0.3, -0.25) is 9.59 Å². The van der Waals surface area contributed by atoms with E-state index >= 15 is 0 Å². The van der Waals surface area contributed by atoms with Crippen LogP contribution in [0.4, 0.5) is 4.39 Å². The number of imide groups is 1. The summed E-state index contributed by atoms with van der Waals surface area (Å²) in [6.45, 7) is 3.03. The molecule has 82 valence electrons. The van der Waals surface area contributed by atoms with Crippen molar-refractivity contribution in [2.24, 2.45) is 0 Å². The summed E-state index contributed by atoms with van der Waals surface area (Å²) in [4.78, 5) is 24.2. The Bertz CT molecular complexity index is 481. The van der Waals surface area contributed by atoms with Crippen LogP contribution in [0.25, 0.3) is 0 Å². The van der Waals surface area contributed by atoms with E-state index in [1.54, 1.807) is 12.1 Å². The molecule has 16 heavy (non-hydrogen) atoms. The zero-order valence-electron chi connectivity index (χ0n) is 8.95. The van der Waals surface area contributed by atoms with Crippen LogP contribution in [0.15, 0.2) is 35.8 Å². The molecule has 0 spiro atoms. The monoisotopic (exact) mass is 219 g/mol. The highest BCUT2D eigenvalue weighted by atomic mass is 19.1. The Morgan fingerprint density at radius 3 is 1.88 bits per heavy atom. The van der Waals surface area contributed by atoms with Crippen molar-refractivity contribution in [1.82, 2.24) is 4.90 Å². The maximum atomic E-state index is 13.7. The standard InChI is InChI=1S/C12H10FNO2/c1-7(2)10(13)14-11(15)8-5-3-4-6-9(8)12(14)16/h3-6H,1-2H3. The molecule has 2 rings (SSSR count). The third-order valence-electron chi connectivity index (χ3n) is 2.40. The molecule has 3 nitrogen and oxygen atoms in total. The number of hydrogen-bond donors (Lipinski definition) is 0. The molecule has 0 aromatic heterocycles. The molecule has 0 saturated heterocycles. The number of carbonyl (C=O) groups excluding carboxylic acids is 2. The van der Waals surface area contributed by atoms with Gasteiger partial charge in [-0.15, -0.1) is 0 Å². The molecule has 0 unspecified atom stereocenters. The van der Waals surface area contributed by atoms with Crippen LogP contribution in [-0.4, -0.2) is 16.7 Å². The zero-order valence-corrected chi connectivity index (χ0v) is 8.95. The highest BCUT2D eigenvalue weighted by molar-refractivity contribution is 6.22. The third-order valence-corrected chi connectivity index (χ3v) is 2.40. The Labute approximate surface area is 92.2 Å². The molecule has 4 heteroatoms. The molecule has 2 amide bonds. The molecular weight excluding hydrogens is 209 g/mol. The largest absolute Gasteiger partial charge is 0.268 e. The van der Waals surface area contributed by atoms with E-state index in [9.17, 15) is 14.0 Å². The van der Waals surface area contributed by atoms with Crippen LogP contribution in [0.5, 0.6) is 0 Å². The summed E-state index contributed by atoms with van der Waals surface area (Å²) in [7, 11) is 0. The minimum atomic E-state index is -0.786. The van der Waals surface area contributed by atoms with Crippen LogP contribution >= 0.6 is 0 Å².